The second kappa shape index (κ2) is 6.34. The lowest BCUT2D eigenvalue weighted by Gasteiger charge is -2.15. The van der Waals surface area contributed by atoms with E-state index in [4.69, 9.17) is 4.74 Å². The van der Waals surface area contributed by atoms with Crippen LogP contribution in [0.2, 0.25) is 0 Å². The third-order valence-corrected chi connectivity index (χ3v) is 3.09. The van der Waals surface area contributed by atoms with Crippen molar-refractivity contribution in [1.82, 2.24) is 5.32 Å². The van der Waals surface area contributed by atoms with Gasteiger partial charge in [-0.15, -0.1) is 0 Å². The highest BCUT2D eigenvalue weighted by Crippen LogP contribution is 2.20. The molecule has 0 unspecified atom stereocenters. The summed E-state index contributed by atoms with van der Waals surface area (Å²) < 4.78 is 5.09. The lowest BCUT2D eigenvalue weighted by molar-refractivity contribution is -0.126. The van der Waals surface area contributed by atoms with Crippen LogP contribution >= 0.6 is 0 Å². The van der Waals surface area contributed by atoms with Gasteiger partial charge in [0.1, 0.15) is 6.61 Å². The van der Waals surface area contributed by atoms with Crippen LogP contribution in [0.3, 0.4) is 0 Å². The first kappa shape index (κ1) is 13.6. The zero-order chi connectivity index (χ0) is 13.7. The molecule has 0 saturated carbocycles. The molecule has 2 rings (SSSR count). The summed E-state index contributed by atoms with van der Waals surface area (Å²) in [4.78, 5) is 11.6. The van der Waals surface area contributed by atoms with Crippen molar-refractivity contribution in [1.29, 1.82) is 0 Å². The number of carbonyl (C=O) groups is 1. The topological polar surface area (TPSA) is 38.3 Å². The van der Waals surface area contributed by atoms with Gasteiger partial charge in [0.15, 0.2) is 0 Å². The highest BCUT2D eigenvalue weighted by Gasteiger charge is 2.09. The van der Waals surface area contributed by atoms with Crippen molar-refractivity contribution in [3.05, 3.63) is 48.0 Å². The molecule has 1 atom stereocenters. The predicted molar refractivity (Wildman–Crippen MR) is 77.0 cm³/mol. The van der Waals surface area contributed by atoms with Crippen molar-refractivity contribution in [3.8, 4) is 0 Å². The first-order valence-corrected chi connectivity index (χ1v) is 6.56. The quantitative estimate of drug-likeness (QED) is 0.894. The van der Waals surface area contributed by atoms with Crippen LogP contribution in [0.5, 0.6) is 0 Å². The van der Waals surface area contributed by atoms with E-state index in [0.29, 0.717) is 6.61 Å². The SMILES string of the molecule is CCOCC(=O)N[C@H](C)c1ccc2ccccc2c1. The lowest BCUT2D eigenvalue weighted by Crippen LogP contribution is -2.30. The van der Waals surface area contributed by atoms with Crippen LogP contribution in [-0.4, -0.2) is 19.1 Å². The Morgan fingerprint density at radius 1 is 1.21 bits per heavy atom. The zero-order valence-electron chi connectivity index (χ0n) is 11.3. The molecule has 19 heavy (non-hydrogen) atoms. The van der Waals surface area contributed by atoms with E-state index < -0.39 is 0 Å². The highest BCUT2D eigenvalue weighted by molar-refractivity contribution is 5.83. The fourth-order valence-corrected chi connectivity index (χ4v) is 2.04. The van der Waals surface area contributed by atoms with Gasteiger partial charge < -0.3 is 10.1 Å². The van der Waals surface area contributed by atoms with Gasteiger partial charge in [0, 0.05) is 6.61 Å². The minimum Gasteiger partial charge on any atom is -0.372 e. The van der Waals surface area contributed by atoms with E-state index in [0.717, 1.165) is 5.56 Å². The van der Waals surface area contributed by atoms with Gasteiger partial charge in [0.25, 0.3) is 0 Å². The summed E-state index contributed by atoms with van der Waals surface area (Å²) in [5.74, 6) is -0.0810. The first-order valence-electron chi connectivity index (χ1n) is 6.56. The summed E-state index contributed by atoms with van der Waals surface area (Å²) in [5.41, 5.74) is 1.10. The van der Waals surface area contributed by atoms with Crippen molar-refractivity contribution >= 4 is 16.7 Å². The van der Waals surface area contributed by atoms with E-state index >= 15 is 0 Å². The van der Waals surface area contributed by atoms with E-state index in [1.165, 1.54) is 10.8 Å². The van der Waals surface area contributed by atoms with Crippen LogP contribution in [0, 0.1) is 0 Å². The molecule has 3 nitrogen and oxygen atoms in total. The Balaban J connectivity index is 2.08. The molecule has 2 aromatic rings. The Labute approximate surface area is 113 Å². The number of benzene rings is 2. The molecule has 0 bridgehead atoms. The van der Waals surface area contributed by atoms with E-state index in [2.05, 4.69) is 29.6 Å². The van der Waals surface area contributed by atoms with Gasteiger partial charge in [0.2, 0.25) is 5.91 Å². The van der Waals surface area contributed by atoms with Gasteiger partial charge in [-0.2, -0.15) is 0 Å². The Hall–Kier alpha value is -1.87. The van der Waals surface area contributed by atoms with Gasteiger partial charge >= 0.3 is 0 Å². The normalized spacial score (nSPS) is 12.3. The molecule has 3 heteroatoms. The summed E-state index contributed by atoms with van der Waals surface area (Å²) in [6.45, 7) is 4.53. The summed E-state index contributed by atoms with van der Waals surface area (Å²) in [5, 5.41) is 5.33. The van der Waals surface area contributed by atoms with Gasteiger partial charge in [-0.25, -0.2) is 0 Å². The molecular formula is C16H19NO2. The number of rotatable bonds is 5. The molecule has 0 spiro atoms. The fourth-order valence-electron chi connectivity index (χ4n) is 2.04. The van der Waals surface area contributed by atoms with Crippen LogP contribution in [0.4, 0.5) is 0 Å². The van der Waals surface area contributed by atoms with Crippen molar-refractivity contribution in [3.63, 3.8) is 0 Å². The Morgan fingerprint density at radius 2 is 1.95 bits per heavy atom. The van der Waals surface area contributed by atoms with Crippen LogP contribution in [-0.2, 0) is 9.53 Å². The predicted octanol–water partition coefficient (Wildman–Crippen LogP) is 3.05. The maximum absolute atomic E-state index is 11.6. The molecule has 0 radical (unpaired) electrons. The van der Waals surface area contributed by atoms with Gasteiger partial charge in [0.05, 0.1) is 6.04 Å². The Morgan fingerprint density at radius 3 is 2.68 bits per heavy atom. The summed E-state index contributed by atoms with van der Waals surface area (Å²) in [7, 11) is 0. The average molecular weight is 257 g/mol. The highest BCUT2D eigenvalue weighted by atomic mass is 16.5. The number of fused-ring (bicyclic) bond motifs is 1. The molecule has 2 aromatic carbocycles. The van der Waals surface area contributed by atoms with Crippen molar-refractivity contribution in [2.45, 2.75) is 19.9 Å². The van der Waals surface area contributed by atoms with Crippen LogP contribution in [0.25, 0.3) is 10.8 Å². The molecule has 0 aromatic heterocycles. The van der Waals surface area contributed by atoms with Crippen LogP contribution in [0.1, 0.15) is 25.5 Å². The van der Waals surface area contributed by atoms with E-state index in [1.54, 1.807) is 0 Å². The average Bonchev–Trinajstić information content (AvgIpc) is 2.44. The number of hydrogen-bond donors (Lipinski definition) is 1. The summed E-state index contributed by atoms with van der Waals surface area (Å²) in [6, 6.07) is 14.4. The Bertz CT molecular complexity index is 565. The fraction of sp³-hybridized carbons (Fsp3) is 0.312. The number of hydrogen-bond acceptors (Lipinski definition) is 2. The largest absolute Gasteiger partial charge is 0.372 e. The minimum atomic E-state index is -0.0810. The van der Waals surface area contributed by atoms with E-state index in [9.17, 15) is 4.79 Å². The molecule has 0 aliphatic heterocycles. The number of amides is 1. The maximum atomic E-state index is 11.6. The zero-order valence-corrected chi connectivity index (χ0v) is 11.3. The first-order chi connectivity index (χ1) is 9.20. The molecule has 0 fully saturated rings. The molecule has 100 valence electrons. The van der Waals surface area contributed by atoms with Gasteiger partial charge in [-0.05, 0) is 36.2 Å². The standard InChI is InChI=1S/C16H19NO2/c1-3-19-11-16(18)17-12(2)14-9-8-13-6-4-5-7-15(13)10-14/h4-10,12H,3,11H2,1-2H3,(H,17,18)/t12-/m1/s1. The number of ether oxygens (including phenoxy) is 1. The molecule has 0 heterocycles. The number of nitrogens with one attached hydrogen (secondary N) is 1. The second-order valence-electron chi connectivity index (χ2n) is 4.53. The van der Waals surface area contributed by atoms with Crippen molar-refractivity contribution < 1.29 is 9.53 Å². The van der Waals surface area contributed by atoms with E-state index in [1.807, 2.05) is 32.0 Å². The minimum absolute atomic E-state index is 0.0161. The lowest BCUT2D eigenvalue weighted by atomic mass is 10.0. The Kier molecular flexibility index (Phi) is 4.53. The monoisotopic (exact) mass is 257 g/mol. The third kappa shape index (κ3) is 3.55. The van der Waals surface area contributed by atoms with E-state index in [-0.39, 0.29) is 18.6 Å². The maximum Gasteiger partial charge on any atom is 0.246 e. The van der Waals surface area contributed by atoms with Crippen molar-refractivity contribution in [2.24, 2.45) is 0 Å². The van der Waals surface area contributed by atoms with Crippen LogP contribution in [0.15, 0.2) is 42.5 Å². The van der Waals surface area contributed by atoms with Gasteiger partial charge in [-0.3, -0.25) is 4.79 Å². The number of carbonyl (C=O) groups excluding carboxylic acids is 1. The molecular weight excluding hydrogens is 238 g/mol. The molecule has 0 aliphatic rings. The third-order valence-electron chi connectivity index (χ3n) is 3.09. The van der Waals surface area contributed by atoms with Crippen molar-refractivity contribution in [2.75, 3.05) is 13.2 Å². The molecule has 0 aliphatic carbocycles. The molecule has 1 N–H and O–H groups in total. The second-order valence-corrected chi connectivity index (χ2v) is 4.53. The van der Waals surface area contributed by atoms with Gasteiger partial charge in [-0.1, -0.05) is 36.4 Å². The summed E-state index contributed by atoms with van der Waals surface area (Å²) >= 11 is 0. The molecule has 1 amide bonds. The molecule has 0 saturated heterocycles. The summed E-state index contributed by atoms with van der Waals surface area (Å²) in [6.07, 6.45) is 0. The smallest absolute Gasteiger partial charge is 0.246 e. The van der Waals surface area contributed by atoms with Crippen LogP contribution < -0.4 is 5.32 Å².